The van der Waals surface area contributed by atoms with E-state index in [9.17, 15) is 14.7 Å². The van der Waals surface area contributed by atoms with Gasteiger partial charge in [0.25, 0.3) is 0 Å². The first-order chi connectivity index (χ1) is 12.7. The van der Waals surface area contributed by atoms with Crippen molar-refractivity contribution in [2.75, 3.05) is 13.7 Å². The molecule has 0 fully saturated rings. The minimum absolute atomic E-state index is 0.0414. The lowest BCUT2D eigenvalue weighted by Crippen LogP contribution is -2.23. The molecule has 0 saturated heterocycles. The Morgan fingerprint density at radius 3 is 2.65 bits per heavy atom. The minimum Gasteiger partial charge on any atom is -0.493 e. The van der Waals surface area contributed by atoms with Crippen LogP contribution >= 0.6 is 0 Å². The van der Waals surface area contributed by atoms with Crippen molar-refractivity contribution in [1.29, 1.82) is 0 Å². The third-order valence-corrected chi connectivity index (χ3v) is 4.11. The Kier molecular flexibility index (Phi) is 5.34. The number of carbonyl (C=O) groups excluding carboxylic acids is 2. The summed E-state index contributed by atoms with van der Waals surface area (Å²) in [4.78, 5) is 22.0. The third-order valence-electron chi connectivity index (χ3n) is 4.11. The number of aliphatic hydroxyl groups excluding tert-OH is 1. The summed E-state index contributed by atoms with van der Waals surface area (Å²) in [5.41, 5.74) is 1.94. The standard InChI is InChI=1S/C20H19NO5/c1-25-20-8-14(11-22)6-7-19(20)26-13-16(24)10-21-9-15(12-23)17-4-2-3-5-18(17)21/h2-9,11-12,16,24H,10,13H2,1H3/t16-/m1/s1. The molecule has 6 heteroatoms. The summed E-state index contributed by atoms with van der Waals surface area (Å²) in [6, 6.07) is 12.3. The van der Waals surface area contributed by atoms with Crippen LogP contribution in [0.2, 0.25) is 0 Å². The van der Waals surface area contributed by atoms with Crippen LogP contribution in [-0.2, 0) is 6.54 Å². The topological polar surface area (TPSA) is 77.8 Å². The highest BCUT2D eigenvalue weighted by Gasteiger charge is 2.13. The van der Waals surface area contributed by atoms with Crippen LogP contribution in [0.4, 0.5) is 0 Å². The van der Waals surface area contributed by atoms with Gasteiger partial charge in [-0.1, -0.05) is 18.2 Å². The van der Waals surface area contributed by atoms with Crippen molar-refractivity contribution in [1.82, 2.24) is 4.57 Å². The van der Waals surface area contributed by atoms with Crippen molar-refractivity contribution < 1.29 is 24.2 Å². The maximum absolute atomic E-state index is 11.2. The number of aromatic nitrogens is 1. The fraction of sp³-hybridized carbons (Fsp3) is 0.200. The van der Waals surface area contributed by atoms with Gasteiger partial charge in [0, 0.05) is 28.2 Å². The van der Waals surface area contributed by atoms with E-state index in [1.807, 2.05) is 28.8 Å². The summed E-state index contributed by atoms with van der Waals surface area (Å²) >= 11 is 0. The molecule has 0 bridgehead atoms. The summed E-state index contributed by atoms with van der Waals surface area (Å²) in [7, 11) is 1.49. The molecular formula is C20H19NO5. The highest BCUT2D eigenvalue weighted by molar-refractivity contribution is 5.97. The minimum atomic E-state index is -0.791. The fourth-order valence-corrected chi connectivity index (χ4v) is 2.86. The predicted molar refractivity (Wildman–Crippen MR) is 97.2 cm³/mol. The van der Waals surface area contributed by atoms with Crippen molar-refractivity contribution in [2.24, 2.45) is 0 Å². The molecule has 1 N–H and O–H groups in total. The van der Waals surface area contributed by atoms with Crippen molar-refractivity contribution in [3.63, 3.8) is 0 Å². The summed E-state index contributed by atoms with van der Waals surface area (Å²) in [5.74, 6) is 0.875. The van der Waals surface area contributed by atoms with Gasteiger partial charge in [-0.05, 0) is 24.3 Å². The molecule has 1 aromatic heterocycles. The quantitative estimate of drug-likeness (QED) is 0.630. The number of rotatable bonds is 8. The number of benzene rings is 2. The normalized spacial score (nSPS) is 11.9. The molecule has 0 aliphatic heterocycles. The molecule has 6 nitrogen and oxygen atoms in total. The molecule has 0 amide bonds. The van der Waals surface area contributed by atoms with Crippen molar-refractivity contribution in [3.05, 3.63) is 59.8 Å². The van der Waals surface area contributed by atoms with Gasteiger partial charge in [0.05, 0.1) is 13.7 Å². The van der Waals surface area contributed by atoms with Crippen LogP contribution in [0.1, 0.15) is 20.7 Å². The molecule has 0 saturated carbocycles. The fourth-order valence-electron chi connectivity index (χ4n) is 2.86. The van der Waals surface area contributed by atoms with E-state index in [-0.39, 0.29) is 13.2 Å². The Morgan fingerprint density at radius 2 is 1.92 bits per heavy atom. The van der Waals surface area contributed by atoms with Crippen LogP contribution in [0.25, 0.3) is 10.9 Å². The first kappa shape index (κ1) is 17.7. The summed E-state index contributed by atoms with van der Waals surface area (Å²) in [5, 5.41) is 11.2. The second kappa shape index (κ2) is 7.84. The molecule has 134 valence electrons. The Hall–Kier alpha value is -3.12. The molecule has 1 heterocycles. The molecule has 1 atom stereocenters. The Labute approximate surface area is 150 Å². The maximum Gasteiger partial charge on any atom is 0.161 e. The van der Waals surface area contributed by atoms with Gasteiger partial charge in [-0.25, -0.2) is 0 Å². The van der Waals surface area contributed by atoms with Gasteiger partial charge in [-0.15, -0.1) is 0 Å². The average Bonchev–Trinajstić information content (AvgIpc) is 3.04. The van der Waals surface area contributed by atoms with Crippen LogP contribution < -0.4 is 9.47 Å². The van der Waals surface area contributed by atoms with E-state index in [4.69, 9.17) is 9.47 Å². The maximum atomic E-state index is 11.2. The van der Waals surface area contributed by atoms with Gasteiger partial charge >= 0.3 is 0 Å². The molecule has 0 aliphatic carbocycles. The summed E-state index contributed by atoms with van der Waals surface area (Å²) in [6.45, 7) is 0.322. The molecular weight excluding hydrogens is 334 g/mol. The second-order valence-electron chi connectivity index (χ2n) is 5.86. The van der Waals surface area contributed by atoms with E-state index in [2.05, 4.69) is 0 Å². The lowest BCUT2D eigenvalue weighted by Gasteiger charge is -2.16. The number of hydrogen-bond donors (Lipinski definition) is 1. The number of fused-ring (bicyclic) bond motifs is 1. The molecule has 0 aliphatic rings. The van der Waals surface area contributed by atoms with Gasteiger partial charge in [0.2, 0.25) is 0 Å². The van der Waals surface area contributed by atoms with E-state index in [0.717, 1.165) is 23.5 Å². The van der Waals surface area contributed by atoms with Crippen molar-refractivity contribution in [3.8, 4) is 11.5 Å². The average molecular weight is 353 g/mol. The number of ether oxygens (including phenoxy) is 2. The summed E-state index contributed by atoms with van der Waals surface area (Å²) in [6.07, 6.45) is 2.46. The van der Waals surface area contributed by atoms with Crippen LogP contribution in [0, 0.1) is 0 Å². The van der Waals surface area contributed by atoms with E-state index < -0.39 is 6.10 Å². The third kappa shape index (κ3) is 3.60. The Bertz CT molecular complexity index is 931. The number of carbonyl (C=O) groups is 2. The van der Waals surface area contributed by atoms with E-state index in [0.29, 0.717) is 22.6 Å². The molecule has 26 heavy (non-hydrogen) atoms. The van der Waals surface area contributed by atoms with Crippen LogP contribution in [0.3, 0.4) is 0 Å². The van der Waals surface area contributed by atoms with Gasteiger partial charge in [0.15, 0.2) is 17.8 Å². The largest absolute Gasteiger partial charge is 0.493 e. The molecule has 3 rings (SSSR count). The zero-order chi connectivity index (χ0) is 18.5. The number of methoxy groups -OCH3 is 1. The molecule has 0 spiro atoms. The van der Waals surface area contributed by atoms with Gasteiger partial charge in [-0.2, -0.15) is 0 Å². The smallest absolute Gasteiger partial charge is 0.161 e. The SMILES string of the molecule is COc1cc(C=O)ccc1OC[C@H](O)Cn1cc(C=O)c2ccccc21. The van der Waals surface area contributed by atoms with Crippen LogP contribution in [0.5, 0.6) is 11.5 Å². The number of aldehydes is 2. The van der Waals surface area contributed by atoms with Gasteiger partial charge < -0.3 is 19.1 Å². The molecule has 3 aromatic rings. The summed E-state index contributed by atoms with van der Waals surface area (Å²) < 4.78 is 12.7. The zero-order valence-corrected chi connectivity index (χ0v) is 14.3. The number of para-hydroxylation sites is 1. The molecule has 0 unspecified atom stereocenters. The van der Waals surface area contributed by atoms with E-state index in [1.54, 1.807) is 24.4 Å². The molecule has 0 radical (unpaired) electrons. The van der Waals surface area contributed by atoms with Crippen LogP contribution in [0.15, 0.2) is 48.7 Å². The first-order valence-electron chi connectivity index (χ1n) is 8.13. The van der Waals surface area contributed by atoms with E-state index >= 15 is 0 Å². The van der Waals surface area contributed by atoms with Gasteiger partial charge in [0.1, 0.15) is 19.0 Å². The van der Waals surface area contributed by atoms with Crippen molar-refractivity contribution >= 4 is 23.5 Å². The second-order valence-corrected chi connectivity index (χ2v) is 5.86. The van der Waals surface area contributed by atoms with Crippen molar-refractivity contribution in [2.45, 2.75) is 12.6 Å². The Morgan fingerprint density at radius 1 is 1.12 bits per heavy atom. The lowest BCUT2D eigenvalue weighted by atomic mass is 10.2. The Balaban J connectivity index is 1.71. The van der Waals surface area contributed by atoms with Gasteiger partial charge in [-0.3, -0.25) is 9.59 Å². The molecule has 2 aromatic carbocycles. The monoisotopic (exact) mass is 353 g/mol. The number of nitrogens with zero attached hydrogens (tertiary/aromatic N) is 1. The number of hydrogen-bond acceptors (Lipinski definition) is 5. The highest BCUT2D eigenvalue weighted by atomic mass is 16.5. The van der Waals surface area contributed by atoms with Crippen LogP contribution in [-0.4, -0.2) is 42.1 Å². The highest BCUT2D eigenvalue weighted by Crippen LogP contribution is 2.28. The van der Waals surface area contributed by atoms with E-state index in [1.165, 1.54) is 7.11 Å². The number of aliphatic hydroxyl groups is 1. The zero-order valence-electron chi connectivity index (χ0n) is 14.3. The lowest BCUT2D eigenvalue weighted by molar-refractivity contribution is 0.0919. The first-order valence-corrected chi connectivity index (χ1v) is 8.13. The predicted octanol–water partition coefficient (Wildman–Crippen LogP) is 2.71.